The number of hydrogen-bond acceptors (Lipinski definition) is 4. The highest BCUT2D eigenvalue weighted by atomic mass is 16.5. The van der Waals surface area contributed by atoms with Crippen LogP contribution in [-0.4, -0.2) is 33.4 Å². The molecule has 1 aromatic carbocycles. The molecular formula is C17H22O4. The van der Waals surface area contributed by atoms with Gasteiger partial charge in [-0.15, -0.1) is 0 Å². The second kappa shape index (κ2) is 8.97. The molecular weight excluding hydrogens is 268 g/mol. The smallest absolute Gasteiger partial charge is 0.337 e. The molecule has 0 heterocycles. The van der Waals surface area contributed by atoms with Crippen molar-refractivity contribution < 1.29 is 19.0 Å². The van der Waals surface area contributed by atoms with Gasteiger partial charge in [-0.3, -0.25) is 0 Å². The van der Waals surface area contributed by atoms with E-state index >= 15 is 0 Å². The van der Waals surface area contributed by atoms with Crippen LogP contribution in [0.2, 0.25) is 0 Å². The lowest BCUT2D eigenvalue weighted by molar-refractivity contribution is -0.137. The van der Waals surface area contributed by atoms with E-state index in [1.165, 1.54) is 20.5 Å². The summed E-state index contributed by atoms with van der Waals surface area (Å²) in [7, 11) is 4.45. The molecule has 0 aromatic heterocycles. The van der Waals surface area contributed by atoms with Crippen LogP contribution < -0.4 is 0 Å². The van der Waals surface area contributed by atoms with Crippen LogP contribution in [0.3, 0.4) is 0 Å². The lowest BCUT2D eigenvalue weighted by atomic mass is 9.95. The van der Waals surface area contributed by atoms with Gasteiger partial charge in [0, 0.05) is 13.0 Å². The minimum Gasteiger partial charge on any atom is -0.504 e. The lowest BCUT2D eigenvalue weighted by Crippen LogP contribution is -2.24. The van der Waals surface area contributed by atoms with Crippen LogP contribution in [0, 0.1) is 5.92 Å². The van der Waals surface area contributed by atoms with Crippen molar-refractivity contribution in [3.05, 3.63) is 53.8 Å². The van der Waals surface area contributed by atoms with E-state index in [1.807, 2.05) is 49.4 Å². The van der Waals surface area contributed by atoms with Crippen LogP contribution in [0.1, 0.15) is 12.5 Å². The minimum atomic E-state index is -0.417. The second-order valence-corrected chi connectivity index (χ2v) is 4.56. The Morgan fingerprint density at radius 2 is 1.81 bits per heavy atom. The van der Waals surface area contributed by atoms with Gasteiger partial charge < -0.3 is 14.2 Å². The maximum atomic E-state index is 11.8. The number of ether oxygens (including phenoxy) is 3. The molecule has 0 bridgehead atoms. The van der Waals surface area contributed by atoms with Gasteiger partial charge in [-0.05, 0) is 5.56 Å². The number of carbonyl (C=O) groups is 1. The summed E-state index contributed by atoms with van der Waals surface area (Å²) in [5.41, 5.74) is 1.51. The Hall–Kier alpha value is -2.07. The lowest BCUT2D eigenvalue weighted by Gasteiger charge is -2.20. The topological polar surface area (TPSA) is 44.8 Å². The number of benzene rings is 1. The zero-order valence-electron chi connectivity index (χ0n) is 12.9. The number of hydrogen-bond donors (Lipinski definition) is 0. The summed E-state index contributed by atoms with van der Waals surface area (Å²) in [5.74, 6) is -0.609. The first-order valence-corrected chi connectivity index (χ1v) is 6.71. The highest BCUT2D eigenvalue weighted by molar-refractivity contribution is 5.88. The number of esters is 1. The van der Waals surface area contributed by atoms with E-state index in [1.54, 1.807) is 7.11 Å². The van der Waals surface area contributed by atoms with Gasteiger partial charge in [0.1, 0.15) is 0 Å². The molecule has 0 spiro atoms. The molecule has 0 saturated heterocycles. The van der Waals surface area contributed by atoms with Crippen molar-refractivity contribution in [2.45, 2.75) is 13.0 Å². The fraction of sp³-hybridized carbons (Fsp3) is 0.353. The van der Waals surface area contributed by atoms with Gasteiger partial charge in [-0.25, -0.2) is 4.79 Å². The average molecular weight is 290 g/mol. The predicted molar refractivity (Wildman–Crippen MR) is 82.5 cm³/mol. The normalized spacial score (nSPS) is 14.8. The van der Waals surface area contributed by atoms with Crippen molar-refractivity contribution in [2.24, 2.45) is 5.92 Å². The third kappa shape index (κ3) is 5.08. The van der Waals surface area contributed by atoms with E-state index < -0.39 is 5.97 Å². The molecule has 21 heavy (non-hydrogen) atoms. The van der Waals surface area contributed by atoms with Gasteiger partial charge in [-0.1, -0.05) is 49.4 Å². The third-order valence-corrected chi connectivity index (χ3v) is 3.20. The van der Waals surface area contributed by atoms with Crippen LogP contribution >= 0.6 is 0 Å². The number of rotatable bonds is 7. The Kier molecular flexibility index (Phi) is 7.26. The average Bonchev–Trinajstić information content (AvgIpc) is 2.53. The molecule has 0 fully saturated rings. The first-order chi connectivity index (χ1) is 10.1. The van der Waals surface area contributed by atoms with Crippen molar-refractivity contribution in [1.29, 1.82) is 0 Å². The molecule has 1 aromatic rings. The van der Waals surface area contributed by atoms with Crippen LogP contribution in [0.5, 0.6) is 0 Å². The molecule has 4 nitrogen and oxygen atoms in total. The van der Waals surface area contributed by atoms with E-state index in [0.29, 0.717) is 5.57 Å². The molecule has 2 atom stereocenters. The first-order valence-electron chi connectivity index (χ1n) is 6.71. The van der Waals surface area contributed by atoms with Gasteiger partial charge in [-0.2, -0.15) is 0 Å². The molecule has 0 aliphatic carbocycles. The minimum absolute atomic E-state index is 0.192. The van der Waals surface area contributed by atoms with Gasteiger partial charge in [0.25, 0.3) is 0 Å². The van der Waals surface area contributed by atoms with Crippen LogP contribution in [0.4, 0.5) is 0 Å². The van der Waals surface area contributed by atoms with Crippen LogP contribution in [0.15, 0.2) is 48.2 Å². The molecule has 0 N–H and O–H groups in total. The number of methoxy groups -OCH3 is 3. The maximum absolute atomic E-state index is 11.8. The van der Waals surface area contributed by atoms with Crippen molar-refractivity contribution >= 4 is 12.0 Å². The van der Waals surface area contributed by atoms with Gasteiger partial charge >= 0.3 is 5.97 Å². The van der Waals surface area contributed by atoms with Crippen molar-refractivity contribution in [1.82, 2.24) is 0 Å². The fourth-order valence-electron chi connectivity index (χ4n) is 1.98. The summed E-state index contributed by atoms with van der Waals surface area (Å²) in [6, 6.07) is 9.90. The van der Waals surface area contributed by atoms with Gasteiger partial charge in [0.2, 0.25) is 0 Å². The Bertz CT molecular complexity index is 491. The highest BCUT2D eigenvalue weighted by Crippen LogP contribution is 2.20. The molecule has 0 aliphatic heterocycles. The standard InChI is InChI=1S/C17H22O4/c1-13(15(12-19-2)17(18)21-4)16(20-3)11-10-14-8-6-5-7-9-14/h5-13,16H,1-4H3/t13-,16+/m1/s1. The summed E-state index contributed by atoms with van der Waals surface area (Å²) in [6.45, 7) is 1.89. The zero-order chi connectivity index (χ0) is 15.7. The van der Waals surface area contributed by atoms with E-state index in [4.69, 9.17) is 14.2 Å². The molecule has 1 rings (SSSR count). The first kappa shape index (κ1) is 17.0. The van der Waals surface area contributed by atoms with E-state index in [0.717, 1.165) is 5.56 Å². The summed E-state index contributed by atoms with van der Waals surface area (Å²) in [6.07, 6.45) is 5.03. The van der Waals surface area contributed by atoms with E-state index in [9.17, 15) is 4.79 Å². The predicted octanol–water partition coefficient (Wildman–Crippen LogP) is 3.05. The zero-order valence-corrected chi connectivity index (χ0v) is 12.9. The molecule has 0 aliphatic rings. The maximum Gasteiger partial charge on any atom is 0.337 e. The Labute approximate surface area is 126 Å². The van der Waals surface area contributed by atoms with Crippen LogP contribution in [0.25, 0.3) is 6.08 Å². The SMILES string of the molecule is COC=C(C(=O)OC)[C@@H](C)[C@H](C=Cc1ccccc1)OC. The summed E-state index contributed by atoms with van der Waals surface area (Å²) < 4.78 is 15.2. The molecule has 0 saturated carbocycles. The van der Waals surface area contributed by atoms with Crippen molar-refractivity contribution in [2.75, 3.05) is 21.3 Å². The van der Waals surface area contributed by atoms with Crippen molar-refractivity contribution in [3.63, 3.8) is 0 Å². The highest BCUT2D eigenvalue weighted by Gasteiger charge is 2.24. The largest absolute Gasteiger partial charge is 0.504 e. The van der Waals surface area contributed by atoms with E-state index in [-0.39, 0.29) is 12.0 Å². The molecule has 114 valence electrons. The summed E-state index contributed by atoms with van der Waals surface area (Å²) in [4.78, 5) is 11.8. The Balaban J connectivity index is 2.89. The summed E-state index contributed by atoms with van der Waals surface area (Å²) >= 11 is 0. The molecule has 0 unspecified atom stereocenters. The molecule has 0 amide bonds. The molecule has 4 heteroatoms. The second-order valence-electron chi connectivity index (χ2n) is 4.56. The quantitative estimate of drug-likeness (QED) is 0.440. The van der Waals surface area contributed by atoms with Gasteiger partial charge in [0.15, 0.2) is 0 Å². The van der Waals surface area contributed by atoms with E-state index in [2.05, 4.69) is 0 Å². The summed E-state index contributed by atoms with van der Waals surface area (Å²) in [5, 5.41) is 0. The monoisotopic (exact) mass is 290 g/mol. The van der Waals surface area contributed by atoms with Crippen molar-refractivity contribution in [3.8, 4) is 0 Å². The Morgan fingerprint density at radius 3 is 2.33 bits per heavy atom. The number of carbonyl (C=O) groups excluding carboxylic acids is 1. The molecule has 0 radical (unpaired) electrons. The fourth-order valence-corrected chi connectivity index (χ4v) is 1.98. The van der Waals surface area contributed by atoms with Gasteiger partial charge in [0.05, 0.1) is 32.2 Å². The Morgan fingerprint density at radius 1 is 1.14 bits per heavy atom. The van der Waals surface area contributed by atoms with Crippen LogP contribution in [-0.2, 0) is 19.0 Å². The third-order valence-electron chi connectivity index (χ3n) is 3.20.